The van der Waals surface area contributed by atoms with Crippen molar-refractivity contribution in [3.8, 4) is 5.88 Å². The van der Waals surface area contributed by atoms with Gasteiger partial charge >= 0.3 is 6.03 Å². The Hall–Kier alpha value is -2.55. The highest BCUT2D eigenvalue weighted by atomic mass is 79.9. The van der Waals surface area contributed by atoms with Gasteiger partial charge in [-0.2, -0.15) is 0 Å². The molecular formula is C15H17BrN4O4. The first-order valence-electron chi connectivity index (χ1n) is 7.07. The fourth-order valence-corrected chi connectivity index (χ4v) is 2.19. The lowest BCUT2D eigenvalue weighted by atomic mass is 10.3. The monoisotopic (exact) mass is 396 g/mol. The summed E-state index contributed by atoms with van der Waals surface area (Å²) in [5.74, 6) is 0.722. The summed E-state index contributed by atoms with van der Waals surface area (Å²) in [7, 11) is 1.50. The van der Waals surface area contributed by atoms with E-state index in [0.717, 1.165) is 0 Å². The number of nitrogens with zero attached hydrogens (tertiary/aromatic N) is 1. The summed E-state index contributed by atoms with van der Waals surface area (Å²) in [6, 6.07) is 5.49. The molecule has 0 radical (unpaired) electrons. The minimum absolute atomic E-state index is 0.257. The molecule has 0 spiro atoms. The van der Waals surface area contributed by atoms with Crippen molar-refractivity contribution >= 4 is 33.6 Å². The van der Waals surface area contributed by atoms with Crippen LogP contribution in [0.1, 0.15) is 12.7 Å². The smallest absolute Gasteiger partial charge is 0.319 e. The molecule has 1 unspecified atom stereocenters. The molecule has 0 aliphatic rings. The zero-order valence-electron chi connectivity index (χ0n) is 13.1. The lowest BCUT2D eigenvalue weighted by molar-refractivity contribution is -0.122. The van der Waals surface area contributed by atoms with E-state index in [1.807, 2.05) is 0 Å². The maximum Gasteiger partial charge on any atom is 0.319 e. The lowest BCUT2D eigenvalue weighted by Crippen LogP contribution is -2.46. The number of pyridine rings is 1. The molecule has 0 bridgehead atoms. The summed E-state index contributed by atoms with van der Waals surface area (Å²) in [6.45, 7) is 1.84. The van der Waals surface area contributed by atoms with Crippen LogP contribution in [0.3, 0.4) is 0 Å². The van der Waals surface area contributed by atoms with Crippen LogP contribution in [0, 0.1) is 0 Å². The first-order chi connectivity index (χ1) is 11.5. The number of amides is 3. The van der Waals surface area contributed by atoms with Crippen molar-refractivity contribution in [3.05, 3.63) is 40.9 Å². The topological polar surface area (TPSA) is 105 Å². The number of urea groups is 1. The Morgan fingerprint density at radius 2 is 2.17 bits per heavy atom. The van der Waals surface area contributed by atoms with Gasteiger partial charge in [-0.25, -0.2) is 9.78 Å². The van der Waals surface area contributed by atoms with E-state index in [9.17, 15) is 9.59 Å². The van der Waals surface area contributed by atoms with Crippen LogP contribution in [0.25, 0.3) is 0 Å². The van der Waals surface area contributed by atoms with Gasteiger partial charge in [-0.05, 0) is 41.1 Å². The highest BCUT2D eigenvalue weighted by molar-refractivity contribution is 9.10. The van der Waals surface area contributed by atoms with Crippen LogP contribution in [-0.2, 0) is 11.3 Å². The Kier molecular flexibility index (Phi) is 6.19. The van der Waals surface area contributed by atoms with Gasteiger partial charge in [0, 0.05) is 6.07 Å². The van der Waals surface area contributed by atoms with Gasteiger partial charge in [0.1, 0.15) is 16.4 Å². The summed E-state index contributed by atoms with van der Waals surface area (Å²) in [4.78, 5) is 28.0. The van der Waals surface area contributed by atoms with Crippen molar-refractivity contribution < 1.29 is 18.7 Å². The Morgan fingerprint density at radius 1 is 1.38 bits per heavy atom. The number of carbonyl (C=O) groups is 2. The minimum atomic E-state index is -0.718. The third kappa shape index (κ3) is 4.98. The average molecular weight is 397 g/mol. The van der Waals surface area contributed by atoms with E-state index in [1.165, 1.54) is 13.4 Å². The summed E-state index contributed by atoms with van der Waals surface area (Å²) < 4.78 is 10.5. The molecule has 24 heavy (non-hydrogen) atoms. The fourth-order valence-electron chi connectivity index (χ4n) is 1.79. The van der Waals surface area contributed by atoms with Gasteiger partial charge in [-0.1, -0.05) is 0 Å². The second-order valence-corrected chi connectivity index (χ2v) is 5.56. The van der Waals surface area contributed by atoms with E-state index >= 15 is 0 Å². The van der Waals surface area contributed by atoms with Crippen molar-refractivity contribution in [1.82, 2.24) is 15.6 Å². The molecule has 0 saturated heterocycles. The molecule has 8 nitrogen and oxygen atoms in total. The highest BCUT2D eigenvalue weighted by Gasteiger charge is 2.16. The molecule has 2 aromatic heterocycles. The number of halogens is 1. The van der Waals surface area contributed by atoms with Gasteiger partial charge in [0.05, 0.1) is 25.6 Å². The van der Waals surface area contributed by atoms with Crippen molar-refractivity contribution in [3.63, 3.8) is 0 Å². The Bertz CT molecular complexity index is 706. The van der Waals surface area contributed by atoms with E-state index in [4.69, 9.17) is 9.15 Å². The SMILES string of the molecule is COc1ccc(NC(=O)NC(C)C(=O)NCc2ccco2)c(Br)n1. The van der Waals surface area contributed by atoms with Gasteiger partial charge in [-0.15, -0.1) is 0 Å². The van der Waals surface area contributed by atoms with Gasteiger partial charge in [0.25, 0.3) is 0 Å². The zero-order chi connectivity index (χ0) is 17.5. The number of hydrogen-bond donors (Lipinski definition) is 3. The van der Waals surface area contributed by atoms with Crippen LogP contribution in [0.2, 0.25) is 0 Å². The molecule has 0 saturated carbocycles. The molecule has 1 atom stereocenters. The van der Waals surface area contributed by atoms with Crippen LogP contribution in [0.5, 0.6) is 5.88 Å². The number of anilines is 1. The number of rotatable bonds is 6. The van der Waals surface area contributed by atoms with E-state index < -0.39 is 12.1 Å². The first-order valence-corrected chi connectivity index (χ1v) is 7.87. The predicted octanol–water partition coefficient (Wildman–Crippen LogP) is 2.27. The summed E-state index contributed by atoms with van der Waals surface area (Å²) in [6.07, 6.45) is 1.53. The molecule has 9 heteroatoms. The van der Waals surface area contributed by atoms with E-state index in [-0.39, 0.29) is 12.5 Å². The van der Waals surface area contributed by atoms with Crippen LogP contribution in [-0.4, -0.2) is 30.1 Å². The highest BCUT2D eigenvalue weighted by Crippen LogP contribution is 2.22. The normalized spacial score (nSPS) is 11.5. The Balaban J connectivity index is 1.83. The summed E-state index contributed by atoms with van der Waals surface area (Å²) >= 11 is 3.24. The quantitative estimate of drug-likeness (QED) is 0.649. The van der Waals surface area contributed by atoms with Crippen LogP contribution >= 0.6 is 15.9 Å². The molecule has 2 heterocycles. The predicted molar refractivity (Wildman–Crippen MR) is 90.7 cm³/mol. The molecule has 2 aromatic rings. The van der Waals surface area contributed by atoms with Gasteiger partial charge in [-0.3, -0.25) is 4.79 Å². The van der Waals surface area contributed by atoms with Crippen molar-refractivity contribution in [2.24, 2.45) is 0 Å². The van der Waals surface area contributed by atoms with Crippen molar-refractivity contribution in [2.45, 2.75) is 19.5 Å². The average Bonchev–Trinajstić information content (AvgIpc) is 3.07. The lowest BCUT2D eigenvalue weighted by Gasteiger charge is -2.15. The van der Waals surface area contributed by atoms with Crippen LogP contribution in [0.4, 0.5) is 10.5 Å². The molecule has 0 aromatic carbocycles. The number of ether oxygens (including phenoxy) is 1. The molecule has 0 fully saturated rings. The van der Waals surface area contributed by atoms with Crippen LogP contribution < -0.4 is 20.7 Å². The molecule has 3 amide bonds. The minimum Gasteiger partial charge on any atom is -0.481 e. The van der Waals surface area contributed by atoms with Crippen molar-refractivity contribution in [1.29, 1.82) is 0 Å². The zero-order valence-corrected chi connectivity index (χ0v) is 14.7. The largest absolute Gasteiger partial charge is 0.481 e. The third-order valence-corrected chi connectivity index (χ3v) is 3.64. The van der Waals surface area contributed by atoms with Crippen LogP contribution in [0.15, 0.2) is 39.5 Å². The maximum atomic E-state index is 12.0. The molecule has 3 N–H and O–H groups in total. The number of furan rings is 1. The molecule has 0 aliphatic heterocycles. The Morgan fingerprint density at radius 3 is 2.79 bits per heavy atom. The molecule has 2 rings (SSSR count). The van der Waals surface area contributed by atoms with Gasteiger partial charge < -0.3 is 25.1 Å². The summed E-state index contributed by atoms with van der Waals surface area (Å²) in [5, 5.41) is 7.81. The molecule has 128 valence electrons. The Labute approximate surface area is 147 Å². The van der Waals surface area contributed by atoms with E-state index in [2.05, 4.69) is 36.9 Å². The summed E-state index contributed by atoms with van der Waals surface area (Å²) in [5.41, 5.74) is 0.455. The molecular weight excluding hydrogens is 380 g/mol. The third-order valence-electron chi connectivity index (χ3n) is 3.04. The second-order valence-electron chi connectivity index (χ2n) is 4.81. The first kappa shape index (κ1) is 17.8. The number of aromatic nitrogens is 1. The number of hydrogen-bond acceptors (Lipinski definition) is 5. The number of nitrogens with one attached hydrogen (secondary N) is 3. The maximum absolute atomic E-state index is 12.0. The van der Waals surface area contributed by atoms with Crippen molar-refractivity contribution in [2.75, 3.05) is 12.4 Å². The number of methoxy groups -OCH3 is 1. The number of carbonyl (C=O) groups excluding carboxylic acids is 2. The molecule has 0 aliphatic carbocycles. The van der Waals surface area contributed by atoms with Gasteiger partial charge in [0.2, 0.25) is 11.8 Å². The van der Waals surface area contributed by atoms with E-state index in [0.29, 0.717) is 21.9 Å². The standard InChI is InChI=1S/C15H17BrN4O4/c1-9(14(21)17-8-10-4-3-7-24-10)18-15(22)19-11-5-6-12(23-2)20-13(11)16/h3-7,9H,8H2,1-2H3,(H,17,21)(H2,18,19,22). The van der Waals surface area contributed by atoms with E-state index in [1.54, 1.807) is 31.2 Å². The second kappa shape index (κ2) is 8.34. The van der Waals surface area contributed by atoms with Gasteiger partial charge in [0.15, 0.2) is 0 Å². The fraction of sp³-hybridized carbons (Fsp3) is 0.267.